The van der Waals surface area contributed by atoms with Gasteiger partial charge in [-0.1, -0.05) is 30.3 Å². The summed E-state index contributed by atoms with van der Waals surface area (Å²) < 4.78 is 40.0. The van der Waals surface area contributed by atoms with E-state index in [1.807, 2.05) is 30.3 Å². The van der Waals surface area contributed by atoms with Crippen LogP contribution in [0.15, 0.2) is 95.9 Å². The summed E-state index contributed by atoms with van der Waals surface area (Å²) in [6.45, 7) is 0.148. The van der Waals surface area contributed by atoms with Gasteiger partial charge in [0.2, 0.25) is 10.0 Å². The van der Waals surface area contributed by atoms with Crippen LogP contribution in [-0.4, -0.2) is 44.3 Å². The van der Waals surface area contributed by atoms with Gasteiger partial charge < -0.3 is 20.1 Å². The second kappa shape index (κ2) is 13.6. The zero-order chi connectivity index (χ0) is 31.9. The molecule has 15 heteroatoms. The van der Waals surface area contributed by atoms with Crippen LogP contribution in [0.4, 0.5) is 22.7 Å². The van der Waals surface area contributed by atoms with Gasteiger partial charge in [-0.05, 0) is 48.0 Å². The molecule has 0 spiro atoms. The van der Waals surface area contributed by atoms with Crippen molar-refractivity contribution in [1.82, 2.24) is 4.72 Å². The highest BCUT2D eigenvalue weighted by molar-refractivity contribution is 7.89. The van der Waals surface area contributed by atoms with Gasteiger partial charge in [0, 0.05) is 42.2 Å². The Bertz CT molecular complexity index is 1780. The SMILES string of the molecule is COc1cc(N(CCNS(=O)(=O)c2ccc([N+](=O)[O-])cc2[N+](=O)[O-])c2ccc(C(=N)N)cc2)ccc1OCc1ccccc1. The Kier molecular flexibility index (Phi) is 9.72. The molecule has 0 aromatic heterocycles. The number of nitrogens with zero attached hydrogens (tertiary/aromatic N) is 3. The van der Waals surface area contributed by atoms with Crippen LogP contribution in [0.2, 0.25) is 0 Å². The zero-order valence-corrected chi connectivity index (χ0v) is 24.2. The molecule has 0 unspecified atom stereocenters. The van der Waals surface area contributed by atoms with Crippen molar-refractivity contribution in [1.29, 1.82) is 5.41 Å². The van der Waals surface area contributed by atoms with E-state index in [9.17, 15) is 28.6 Å². The molecule has 0 aliphatic heterocycles. The van der Waals surface area contributed by atoms with Gasteiger partial charge in [0.1, 0.15) is 12.4 Å². The topological polar surface area (TPSA) is 204 Å². The number of nitrogens with one attached hydrogen (secondary N) is 2. The maximum atomic E-state index is 13.1. The second-order valence-corrected chi connectivity index (χ2v) is 11.0. The number of sulfonamides is 1. The largest absolute Gasteiger partial charge is 0.493 e. The minimum atomic E-state index is -4.44. The number of hydrogen-bond donors (Lipinski definition) is 3. The number of nitro groups is 2. The fourth-order valence-corrected chi connectivity index (χ4v) is 5.44. The average molecular weight is 621 g/mol. The van der Waals surface area contributed by atoms with Crippen LogP contribution < -0.4 is 24.8 Å². The lowest BCUT2D eigenvalue weighted by atomic mass is 10.1. The van der Waals surface area contributed by atoms with Crippen LogP contribution in [0.1, 0.15) is 11.1 Å². The Morgan fingerprint density at radius 3 is 2.20 bits per heavy atom. The van der Waals surface area contributed by atoms with Crippen LogP contribution in [0.5, 0.6) is 11.5 Å². The third-order valence-corrected chi connectivity index (χ3v) is 7.96. The van der Waals surface area contributed by atoms with E-state index < -0.39 is 36.1 Å². The maximum Gasteiger partial charge on any atom is 0.296 e. The van der Waals surface area contributed by atoms with Crippen molar-refractivity contribution in [2.45, 2.75) is 11.5 Å². The highest BCUT2D eigenvalue weighted by Gasteiger charge is 2.28. The number of benzene rings is 4. The molecule has 0 amide bonds. The molecule has 14 nitrogen and oxygen atoms in total. The van der Waals surface area contributed by atoms with Crippen LogP contribution in [0, 0.1) is 25.6 Å². The van der Waals surface area contributed by atoms with Crippen molar-refractivity contribution in [3.05, 3.63) is 122 Å². The van der Waals surface area contributed by atoms with E-state index in [0.717, 1.165) is 17.7 Å². The quantitative estimate of drug-likeness (QED) is 0.0779. The summed E-state index contributed by atoms with van der Waals surface area (Å²) in [5.74, 6) is 0.783. The number of amidine groups is 1. The van der Waals surface area contributed by atoms with Gasteiger partial charge in [-0.15, -0.1) is 0 Å². The first kappa shape index (κ1) is 31.4. The summed E-state index contributed by atoms with van der Waals surface area (Å²) in [6, 6.07) is 23.8. The van der Waals surface area contributed by atoms with Crippen molar-refractivity contribution in [2.24, 2.45) is 5.73 Å². The smallest absolute Gasteiger partial charge is 0.296 e. The summed E-state index contributed by atoms with van der Waals surface area (Å²) in [6.07, 6.45) is 0. The molecular formula is C29H28N6O8S. The van der Waals surface area contributed by atoms with Gasteiger partial charge in [-0.2, -0.15) is 0 Å². The first-order chi connectivity index (χ1) is 21.0. The van der Waals surface area contributed by atoms with Gasteiger partial charge in [0.15, 0.2) is 16.4 Å². The van der Waals surface area contributed by atoms with Crippen LogP contribution in [0.3, 0.4) is 0 Å². The molecule has 4 aromatic rings. The van der Waals surface area contributed by atoms with E-state index in [1.165, 1.54) is 7.11 Å². The van der Waals surface area contributed by atoms with Gasteiger partial charge in [0.25, 0.3) is 11.4 Å². The van der Waals surface area contributed by atoms with E-state index in [4.69, 9.17) is 20.6 Å². The molecule has 0 fully saturated rings. The van der Waals surface area contributed by atoms with Crippen LogP contribution in [0.25, 0.3) is 0 Å². The van der Waals surface area contributed by atoms with Crippen molar-refractivity contribution >= 4 is 38.6 Å². The summed E-state index contributed by atoms with van der Waals surface area (Å²) in [5, 5.41) is 30.3. The Labute approximate surface area is 252 Å². The molecule has 0 heterocycles. The van der Waals surface area contributed by atoms with Crippen molar-refractivity contribution in [3.63, 3.8) is 0 Å². The van der Waals surface area contributed by atoms with Gasteiger partial charge in [-0.3, -0.25) is 25.6 Å². The standard InChI is InChI=1S/C29H28N6O8S/c1-42-27-18-23(11-13-26(27)43-19-20-5-3-2-4-6-20)33(22-9-7-21(8-10-22)29(30)31)16-15-32-44(40,41)28-14-12-24(34(36)37)17-25(28)35(38)39/h2-14,17-18,32H,15-16,19H2,1H3,(H3,30,31). The second-order valence-electron chi connectivity index (χ2n) is 9.29. The Balaban J connectivity index is 1.61. The Hall–Kier alpha value is -5.54. The van der Waals surface area contributed by atoms with Crippen molar-refractivity contribution in [3.8, 4) is 11.5 Å². The van der Waals surface area contributed by atoms with E-state index in [0.29, 0.717) is 41.1 Å². The lowest BCUT2D eigenvalue weighted by molar-refractivity contribution is -0.396. The molecule has 0 atom stereocenters. The minimum absolute atomic E-state index is 0.0484. The number of non-ortho nitro benzene ring substituents is 1. The van der Waals surface area contributed by atoms with E-state index >= 15 is 0 Å². The Morgan fingerprint density at radius 1 is 0.909 bits per heavy atom. The molecule has 0 saturated heterocycles. The molecule has 0 aliphatic carbocycles. The third kappa shape index (κ3) is 7.45. The summed E-state index contributed by atoms with van der Waals surface area (Å²) in [7, 11) is -2.95. The number of nitrogens with two attached hydrogens (primary N) is 1. The number of rotatable bonds is 14. The summed E-state index contributed by atoms with van der Waals surface area (Å²) in [4.78, 5) is 21.8. The highest BCUT2D eigenvalue weighted by atomic mass is 32.2. The zero-order valence-electron chi connectivity index (χ0n) is 23.4. The summed E-state index contributed by atoms with van der Waals surface area (Å²) in [5.41, 5.74) is 6.74. The predicted molar refractivity (Wildman–Crippen MR) is 163 cm³/mol. The number of nitro benzene ring substituents is 2. The Morgan fingerprint density at radius 2 is 1.59 bits per heavy atom. The minimum Gasteiger partial charge on any atom is -0.493 e. The van der Waals surface area contributed by atoms with Gasteiger partial charge >= 0.3 is 0 Å². The van der Waals surface area contributed by atoms with E-state index in [1.54, 1.807) is 47.4 Å². The molecule has 4 N–H and O–H groups in total. The normalized spacial score (nSPS) is 11.0. The first-order valence-corrected chi connectivity index (χ1v) is 14.5. The van der Waals surface area contributed by atoms with Crippen molar-refractivity contribution in [2.75, 3.05) is 25.1 Å². The first-order valence-electron chi connectivity index (χ1n) is 13.0. The fourth-order valence-electron chi connectivity index (χ4n) is 4.27. The molecule has 0 bridgehead atoms. The molecule has 0 radical (unpaired) electrons. The maximum absolute atomic E-state index is 13.1. The van der Waals surface area contributed by atoms with Gasteiger partial charge in [0.05, 0.1) is 23.0 Å². The number of nitrogen functional groups attached to an aromatic ring is 1. The number of anilines is 2. The highest BCUT2D eigenvalue weighted by Crippen LogP contribution is 2.35. The molecule has 0 saturated carbocycles. The van der Waals surface area contributed by atoms with Crippen molar-refractivity contribution < 1.29 is 27.7 Å². The molecule has 4 aromatic carbocycles. The van der Waals surface area contributed by atoms with E-state index in [-0.39, 0.29) is 18.9 Å². The number of methoxy groups -OCH3 is 1. The fraction of sp³-hybridized carbons (Fsp3) is 0.138. The third-order valence-electron chi connectivity index (χ3n) is 6.45. The molecule has 4 rings (SSSR count). The monoisotopic (exact) mass is 620 g/mol. The number of hydrogen-bond acceptors (Lipinski definition) is 10. The molecule has 44 heavy (non-hydrogen) atoms. The van der Waals surface area contributed by atoms with E-state index in [2.05, 4.69) is 4.72 Å². The molecule has 0 aliphatic rings. The molecule has 228 valence electrons. The molecular weight excluding hydrogens is 592 g/mol. The lowest BCUT2D eigenvalue weighted by Crippen LogP contribution is -2.33. The summed E-state index contributed by atoms with van der Waals surface area (Å²) >= 11 is 0. The van der Waals surface area contributed by atoms with Crippen LogP contribution in [-0.2, 0) is 16.6 Å². The predicted octanol–water partition coefficient (Wildman–Crippen LogP) is 4.49. The number of ether oxygens (including phenoxy) is 2. The van der Waals surface area contributed by atoms with Gasteiger partial charge in [-0.25, -0.2) is 13.1 Å². The lowest BCUT2D eigenvalue weighted by Gasteiger charge is -2.26. The average Bonchev–Trinajstić information content (AvgIpc) is 3.02. The van der Waals surface area contributed by atoms with Crippen LogP contribution >= 0.6 is 0 Å².